The lowest BCUT2D eigenvalue weighted by atomic mass is 10.3. The fourth-order valence-electron chi connectivity index (χ4n) is 1.41. The lowest BCUT2D eigenvalue weighted by Gasteiger charge is -2.04. The second kappa shape index (κ2) is 5.05. The van der Waals surface area contributed by atoms with Crippen LogP contribution in [0.4, 0.5) is 5.82 Å². The van der Waals surface area contributed by atoms with Crippen LogP contribution in [-0.2, 0) is 12.3 Å². The molecule has 17 heavy (non-hydrogen) atoms. The van der Waals surface area contributed by atoms with E-state index in [4.69, 9.17) is 5.73 Å². The Bertz CT molecular complexity index is 562. The van der Waals surface area contributed by atoms with Crippen LogP contribution >= 0.6 is 11.8 Å². The number of nitrogens with zero attached hydrogens (tertiary/aromatic N) is 3. The molecule has 90 valence electrons. The van der Waals surface area contributed by atoms with Gasteiger partial charge in [0.1, 0.15) is 5.82 Å². The normalized spacial score (nSPS) is 10.6. The van der Waals surface area contributed by atoms with Crippen LogP contribution in [0.3, 0.4) is 0 Å². The number of nitrogens with one attached hydrogen (secondary N) is 1. The number of pyridine rings is 1. The van der Waals surface area contributed by atoms with E-state index in [0.717, 1.165) is 5.56 Å². The summed E-state index contributed by atoms with van der Waals surface area (Å²) < 4.78 is 1.58. The first kappa shape index (κ1) is 11.7. The molecule has 0 amide bonds. The van der Waals surface area contributed by atoms with E-state index in [-0.39, 0.29) is 5.69 Å². The summed E-state index contributed by atoms with van der Waals surface area (Å²) in [6.45, 7) is 2.50. The summed E-state index contributed by atoms with van der Waals surface area (Å²) in [7, 11) is 0. The van der Waals surface area contributed by atoms with Gasteiger partial charge in [-0.1, -0.05) is 17.8 Å². The van der Waals surface area contributed by atoms with Gasteiger partial charge in [0, 0.05) is 24.1 Å². The Balaban J connectivity index is 2.13. The van der Waals surface area contributed by atoms with Crippen LogP contribution in [0.5, 0.6) is 0 Å². The summed E-state index contributed by atoms with van der Waals surface area (Å²) in [5.74, 6) is 1.16. The third-order valence-electron chi connectivity index (χ3n) is 2.32. The minimum Gasteiger partial charge on any atom is -0.383 e. The number of nitrogen functional groups attached to an aromatic ring is 1. The molecule has 0 saturated carbocycles. The van der Waals surface area contributed by atoms with E-state index in [2.05, 4.69) is 15.2 Å². The van der Waals surface area contributed by atoms with Crippen LogP contribution < -0.4 is 11.4 Å². The minimum atomic E-state index is -0.186. The SMILES string of the molecule is CCn1c(SCc2cccnc2N)n[nH]c1=O. The Morgan fingerprint density at radius 3 is 3.12 bits per heavy atom. The highest BCUT2D eigenvalue weighted by Crippen LogP contribution is 2.21. The van der Waals surface area contributed by atoms with E-state index in [0.29, 0.717) is 23.3 Å². The standard InChI is InChI=1S/C10H13N5OS/c1-2-15-9(16)13-14-10(15)17-6-7-4-3-5-12-8(7)11/h3-5H,2,6H2,1H3,(H2,11,12)(H,13,16). The van der Waals surface area contributed by atoms with E-state index in [1.807, 2.05) is 19.1 Å². The van der Waals surface area contributed by atoms with Crippen LogP contribution in [0, 0.1) is 0 Å². The van der Waals surface area contributed by atoms with Gasteiger partial charge in [-0.05, 0) is 13.0 Å². The lowest BCUT2D eigenvalue weighted by molar-refractivity contribution is 0.660. The summed E-state index contributed by atoms with van der Waals surface area (Å²) in [6, 6.07) is 3.75. The molecule has 2 rings (SSSR count). The number of H-pyrrole nitrogens is 1. The Morgan fingerprint density at radius 1 is 1.59 bits per heavy atom. The highest BCUT2D eigenvalue weighted by molar-refractivity contribution is 7.98. The highest BCUT2D eigenvalue weighted by atomic mass is 32.2. The number of hydrogen-bond acceptors (Lipinski definition) is 5. The molecule has 0 aliphatic rings. The van der Waals surface area contributed by atoms with Crippen molar-refractivity contribution in [1.29, 1.82) is 0 Å². The Kier molecular flexibility index (Phi) is 3.48. The summed E-state index contributed by atoms with van der Waals surface area (Å²) in [5.41, 5.74) is 6.49. The van der Waals surface area contributed by atoms with E-state index in [1.54, 1.807) is 10.8 Å². The van der Waals surface area contributed by atoms with Crippen molar-refractivity contribution in [2.75, 3.05) is 5.73 Å². The number of aromatic nitrogens is 4. The zero-order chi connectivity index (χ0) is 12.3. The van der Waals surface area contributed by atoms with Crippen LogP contribution in [0.2, 0.25) is 0 Å². The van der Waals surface area contributed by atoms with Gasteiger partial charge >= 0.3 is 5.69 Å². The maximum atomic E-state index is 11.3. The number of rotatable bonds is 4. The molecular formula is C10H13N5OS. The molecule has 2 heterocycles. The zero-order valence-electron chi connectivity index (χ0n) is 9.38. The van der Waals surface area contributed by atoms with Gasteiger partial charge in [0.15, 0.2) is 5.16 Å². The maximum Gasteiger partial charge on any atom is 0.343 e. The van der Waals surface area contributed by atoms with Gasteiger partial charge in [0.05, 0.1) is 0 Å². The van der Waals surface area contributed by atoms with Crippen LogP contribution in [-0.4, -0.2) is 19.7 Å². The largest absolute Gasteiger partial charge is 0.383 e. The third kappa shape index (κ3) is 2.50. The smallest absolute Gasteiger partial charge is 0.343 e. The Hall–Kier alpha value is -1.76. The molecule has 0 aliphatic heterocycles. The van der Waals surface area contributed by atoms with Crippen molar-refractivity contribution in [3.05, 3.63) is 34.4 Å². The van der Waals surface area contributed by atoms with Gasteiger partial charge in [-0.2, -0.15) is 0 Å². The summed E-state index contributed by atoms with van der Waals surface area (Å²) in [5, 5.41) is 7.05. The quantitative estimate of drug-likeness (QED) is 0.787. The monoisotopic (exact) mass is 251 g/mol. The Labute approximate surface area is 102 Å². The first-order valence-electron chi connectivity index (χ1n) is 5.19. The molecule has 0 aromatic carbocycles. The van der Waals surface area contributed by atoms with Gasteiger partial charge < -0.3 is 5.73 Å². The van der Waals surface area contributed by atoms with Crippen LogP contribution in [0.15, 0.2) is 28.3 Å². The predicted octanol–water partition coefficient (Wildman–Crippen LogP) is 0.861. The van der Waals surface area contributed by atoms with E-state index < -0.39 is 0 Å². The second-order valence-corrected chi connectivity index (χ2v) is 4.33. The molecule has 3 N–H and O–H groups in total. The average molecular weight is 251 g/mol. The zero-order valence-corrected chi connectivity index (χ0v) is 10.2. The topological polar surface area (TPSA) is 89.6 Å². The molecule has 7 heteroatoms. The number of aromatic amines is 1. The number of hydrogen-bond donors (Lipinski definition) is 2. The first-order valence-corrected chi connectivity index (χ1v) is 6.18. The van der Waals surface area contributed by atoms with Crippen LogP contribution in [0.1, 0.15) is 12.5 Å². The molecule has 6 nitrogen and oxygen atoms in total. The van der Waals surface area contributed by atoms with Gasteiger partial charge in [0.25, 0.3) is 0 Å². The third-order valence-corrected chi connectivity index (χ3v) is 3.35. The summed E-state index contributed by atoms with van der Waals surface area (Å²) >= 11 is 1.46. The molecule has 0 bridgehead atoms. The van der Waals surface area contributed by atoms with Gasteiger partial charge in [-0.3, -0.25) is 4.57 Å². The minimum absolute atomic E-state index is 0.186. The summed E-state index contributed by atoms with van der Waals surface area (Å²) in [4.78, 5) is 15.4. The van der Waals surface area contributed by atoms with Crippen molar-refractivity contribution in [2.45, 2.75) is 24.4 Å². The molecule has 0 aliphatic carbocycles. The molecule has 0 spiro atoms. The fourth-order valence-corrected chi connectivity index (χ4v) is 2.41. The van der Waals surface area contributed by atoms with Crippen molar-refractivity contribution in [3.8, 4) is 0 Å². The van der Waals surface area contributed by atoms with Gasteiger partial charge in [-0.25, -0.2) is 14.9 Å². The first-order chi connectivity index (χ1) is 8.22. The number of anilines is 1. The molecule has 0 fully saturated rings. The molecule has 0 saturated heterocycles. The average Bonchev–Trinajstić information content (AvgIpc) is 2.69. The van der Waals surface area contributed by atoms with Crippen LogP contribution in [0.25, 0.3) is 0 Å². The van der Waals surface area contributed by atoms with Crippen molar-refractivity contribution in [2.24, 2.45) is 0 Å². The molecule has 2 aromatic heterocycles. The summed E-state index contributed by atoms with van der Waals surface area (Å²) in [6.07, 6.45) is 1.65. The Morgan fingerprint density at radius 2 is 2.41 bits per heavy atom. The van der Waals surface area contributed by atoms with Crippen molar-refractivity contribution < 1.29 is 0 Å². The van der Waals surface area contributed by atoms with E-state index in [9.17, 15) is 4.79 Å². The maximum absolute atomic E-state index is 11.3. The molecule has 0 atom stereocenters. The lowest BCUT2D eigenvalue weighted by Crippen LogP contribution is -2.16. The van der Waals surface area contributed by atoms with Crippen molar-refractivity contribution >= 4 is 17.6 Å². The molecule has 0 radical (unpaired) electrons. The van der Waals surface area contributed by atoms with E-state index >= 15 is 0 Å². The van der Waals surface area contributed by atoms with Gasteiger partial charge in [-0.15, -0.1) is 5.10 Å². The van der Waals surface area contributed by atoms with E-state index in [1.165, 1.54) is 11.8 Å². The van der Waals surface area contributed by atoms with Crippen molar-refractivity contribution in [1.82, 2.24) is 19.7 Å². The molecule has 0 unspecified atom stereocenters. The number of nitrogens with two attached hydrogens (primary N) is 1. The fraction of sp³-hybridized carbons (Fsp3) is 0.300. The number of thioether (sulfide) groups is 1. The predicted molar refractivity (Wildman–Crippen MR) is 66.7 cm³/mol. The van der Waals surface area contributed by atoms with Gasteiger partial charge in [0.2, 0.25) is 0 Å². The molecule has 2 aromatic rings. The second-order valence-electron chi connectivity index (χ2n) is 3.39. The van der Waals surface area contributed by atoms with Crippen molar-refractivity contribution in [3.63, 3.8) is 0 Å². The highest BCUT2D eigenvalue weighted by Gasteiger charge is 2.08. The molecular weight excluding hydrogens is 238 g/mol.